The van der Waals surface area contributed by atoms with Crippen LogP contribution in [0.2, 0.25) is 0 Å². The van der Waals surface area contributed by atoms with Crippen LogP contribution in [0.1, 0.15) is 24.5 Å². The maximum absolute atomic E-state index is 12.1. The zero-order valence-electron chi connectivity index (χ0n) is 10.5. The number of carbonyl (C=O) groups is 1. The molecule has 1 amide bonds. The molecule has 17 heavy (non-hydrogen) atoms. The van der Waals surface area contributed by atoms with Gasteiger partial charge in [-0.05, 0) is 32.4 Å². The Kier molecular flexibility index (Phi) is 3.48. The van der Waals surface area contributed by atoms with Gasteiger partial charge in [-0.2, -0.15) is 0 Å². The van der Waals surface area contributed by atoms with Crippen molar-refractivity contribution in [2.45, 2.75) is 26.8 Å². The van der Waals surface area contributed by atoms with E-state index in [0.717, 1.165) is 25.1 Å². The third kappa shape index (κ3) is 2.86. The molecule has 1 aliphatic heterocycles. The van der Waals surface area contributed by atoms with Gasteiger partial charge >= 0.3 is 0 Å². The van der Waals surface area contributed by atoms with Gasteiger partial charge in [-0.25, -0.2) is 0 Å². The quantitative estimate of drug-likeness (QED) is 0.831. The summed E-state index contributed by atoms with van der Waals surface area (Å²) in [6, 6.07) is 8.26. The summed E-state index contributed by atoms with van der Waals surface area (Å²) in [5, 5.41) is 6.26. The van der Waals surface area contributed by atoms with E-state index in [2.05, 4.69) is 41.8 Å². The van der Waals surface area contributed by atoms with Crippen molar-refractivity contribution in [3.8, 4) is 0 Å². The Bertz CT molecular complexity index is 391. The fourth-order valence-corrected chi connectivity index (χ4v) is 2.11. The zero-order chi connectivity index (χ0) is 12.3. The molecule has 1 saturated heterocycles. The molecule has 92 valence electrons. The second-order valence-electron chi connectivity index (χ2n) is 5.16. The Morgan fingerprint density at radius 1 is 1.41 bits per heavy atom. The van der Waals surface area contributed by atoms with Crippen molar-refractivity contribution < 1.29 is 4.79 Å². The second-order valence-corrected chi connectivity index (χ2v) is 5.16. The van der Waals surface area contributed by atoms with Crippen molar-refractivity contribution in [2.75, 3.05) is 13.1 Å². The van der Waals surface area contributed by atoms with Gasteiger partial charge < -0.3 is 10.6 Å². The van der Waals surface area contributed by atoms with Gasteiger partial charge in [0.15, 0.2) is 0 Å². The molecule has 1 atom stereocenters. The molecule has 1 aromatic rings. The number of nitrogens with one attached hydrogen (secondary N) is 2. The fraction of sp³-hybridized carbons (Fsp3) is 0.500. The van der Waals surface area contributed by atoms with E-state index in [1.165, 1.54) is 5.56 Å². The van der Waals surface area contributed by atoms with Crippen LogP contribution in [0.25, 0.3) is 0 Å². The number of aryl methyl sites for hydroxylation is 1. The predicted molar refractivity (Wildman–Crippen MR) is 68.6 cm³/mol. The van der Waals surface area contributed by atoms with Crippen LogP contribution in [-0.4, -0.2) is 19.0 Å². The van der Waals surface area contributed by atoms with Crippen molar-refractivity contribution in [2.24, 2.45) is 5.41 Å². The lowest BCUT2D eigenvalue weighted by molar-refractivity contribution is -0.129. The minimum atomic E-state index is -0.231. The van der Waals surface area contributed by atoms with Crippen LogP contribution in [0.5, 0.6) is 0 Å². The smallest absolute Gasteiger partial charge is 0.227 e. The normalized spacial score (nSPS) is 23.6. The standard InChI is InChI=1S/C14H20N2O/c1-11-3-5-12(6-4-11)9-16-13(17)14(2)7-8-15-10-14/h3-6,15H,7-10H2,1-2H3,(H,16,17). The molecular weight excluding hydrogens is 212 g/mol. The van der Waals surface area contributed by atoms with Crippen molar-refractivity contribution in [1.29, 1.82) is 0 Å². The monoisotopic (exact) mass is 232 g/mol. The Balaban J connectivity index is 1.89. The molecule has 0 saturated carbocycles. The molecule has 2 N–H and O–H groups in total. The van der Waals surface area contributed by atoms with Crippen LogP contribution in [0.15, 0.2) is 24.3 Å². The highest BCUT2D eigenvalue weighted by Gasteiger charge is 2.35. The van der Waals surface area contributed by atoms with Crippen LogP contribution in [-0.2, 0) is 11.3 Å². The third-order valence-corrected chi connectivity index (χ3v) is 3.49. The number of amides is 1. The molecule has 2 rings (SSSR count). The predicted octanol–water partition coefficient (Wildman–Crippen LogP) is 1.61. The van der Waals surface area contributed by atoms with Crippen LogP contribution >= 0.6 is 0 Å². The molecule has 1 heterocycles. The first kappa shape index (κ1) is 12.1. The number of carbonyl (C=O) groups excluding carboxylic acids is 1. The minimum Gasteiger partial charge on any atom is -0.352 e. The number of hydrogen-bond acceptors (Lipinski definition) is 2. The zero-order valence-corrected chi connectivity index (χ0v) is 10.5. The average Bonchev–Trinajstić information content (AvgIpc) is 2.76. The van der Waals surface area contributed by atoms with Gasteiger partial charge in [-0.3, -0.25) is 4.79 Å². The number of hydrogen-bond donors (Lipinski definition) is 2. The first-order valence-electron chi connectivity index (χ1n) is 6.15. The molecule has 1 aliphatic rings. The van der Waals surface area contributed by atoms with Gasteiger partial charge in [-0.1, -0.05) is 29.8 Å². The highest BCUT2D eigenvalue weighted by Crippen LogP contribution is 2.24. The number of benzene rings is 1. The second kappa shape index (κ2) is 4.88. The molecule has 1 fully saturated rings. The third-order valence-electron chi connectivity index (χ3n) is 3.49. The van der Waals surface area contributed by atoms with E-state index in [4.69, 9.17) is 0 Å². The summed E-state index contributed by atoms with van der Waals surface area (Å²) in [4.78, 5) is 12.1. The lowest BCUT2D eigenvalue weighted by atomic mass is 9.89. The van der Waals surface area contributed by atoms with Gasteiger partial charge in [0.05, 0.1) is 5.41 Å². The van der Waals surface area contributed by atoms with Gasteiger partial charge in [0, 0.05) is 13.1 Å². The van der Waals surface area contributed by atoms with E-state index in [-0.39, 0.29) is 11.3 Å². The van der Waals surface area contributed by atoms with Gasteiger partial charge in [0.2, 0.25) is 5.91 Å². The first-order valence-corrected chi connectivity index (χ1v) is 6.15. The maximum atomic E-state index is 12.1. The molecule has 1 aromatic carbocycles. The molecule has 0 aliphatic carbocycles. The summed E-state index contributed by atoms with van der Waals surface area (Å²) in [7, 11) is 0. The summed E-state index contributed by atoms with van der Waals surface area (Å²) in [5.74, 6) is 0.156. The highest BCUT2D eigenvalue weighted by molar-refractivity contribution is 5.82. The molecular formula is C14H20N2O. The van der Waals surface area contributed by atoms with E-state index in [9.17, 15) is 4.79 Å². The Hall–Kier alpha value is -1.35. The topological polar surface area (TPSA) is 41.1 Å². The lowest BCUT2D eigenvalue weighted by Crippen LogP contribution is -2.39. The van der Waals surface area contributed by atoms with Crippen molar-refractivity contribution in [3.05, 3.63) is 35.4 Å². The van der Waals surface area contributed by atoms with Crippen LogP contribution < -0.4 is 10.6 Å². The van der Waals surface area contributed by atoms with Crippen molar-refractivity contribution >= 4 is 5.91 Å². The lowest BCUT2D eigenvalue weighted by Gasteiger charge is -2.21. The largest absolute Gasteiger partial charge is 0.352 e. The summed E-state index contributed by atoms with van der Waals surface area (Å²) >= 11 is 0. The van der Waals surface area contributed by atoms with Crippen molar-refractivity contribution in [1.82, 2.24) is 10.6 Å². The summed E-state index contributed by atoms with van der Waals surface area (Å²) < 4.78 is 0. The van der Waals surface area contributed by atoms with Crippen LogP contribution in [0.4, 0.5) is 0 Å². The fourth-order valence-electron chi connectivity index (χ4n) is 2.11. The molecule has 3 nitrogen and oxygen atoms in total. The van der Waals surface area contributed by atoms with Gasteiger partial charge in [0.1, 0.15) is 0 Å². The van der Waals surface area contributed by atoms with E-state index in [1.807, 2.05) is 6.92 Å². The Morgan fingerprint density at radius 3 is 2.71 bits per heavy atom. The first-order chi connectivity index (χ1) is 8.10. The van der Waals surface area contributed by atoms with E-state index in [0.29, 0.717) is 6.54 Å². The number of rotatable bonds is 3. The molecule has 0 bridgehead atoms. The maximum Gasteiger partial charge on any atom is 0.227 e. The Morgan fingerprint density at radius 2 is 2.12 bits per heavy atom. The molecule has 0 radical (unpaired) electrons. The van der Waals surface area contributed by atoms with Gasteiger partial charge in [-0.15, -0.1) is 0 Å². The molecule has 3 heteroatoms. The molecule has 0 aromatic heterocycles. The summed E-state index contributed by atoms with van der Waals surface area (Å²) in [6.07, 6.45) is 0.923. The highest BCUT2D eigenvalue weighted by atomic mass is 16.2. The average molecular weight is 232 g/mol. The Labute approximate surface area is 103 Å². The van der Waals surface area contributed by atoms with Crippen LogP contribution in [0.3, 0.4) is 0 Å². The van der Waals surface area contributed by atoms with Crippen molar-refractivity contribution in [3.63, 3.8) is 0 Å². The van der Waals surface area contributed by atoms with Gasteiger partial charge in [0.25, 0.3) is 0 Å². The minimum absolute atomic E-state index is 0.156. The summed E-state index contributed by atoms with van der Waals surface area (Å²) in [6.45, 7) is 6.43. The molecule has 1 unspecified atom stereocenters. The van der Waals surface area contributed by atoms with E-state index >= 15 is 0 Å². The summed E-state index contributed by atoms with van der Waals surface area (Å²) in [5.41, 5.74) is 2.16. The van der Waals surface area contributed by atoms with Crippen LogP contribution in [0, 0.1) is 12.3 Å². The SMILES string of the molecule is Cc1ccc(CNC(=O)C2(C)CCNC2)cc1. The molecule has 0 spiro atoms. The van der Waals surface area contributed by atoms with E-state index in [1.54, 1.807) is 0 Å². The van der Waals surface area contributed by atoms with E-state index < -0.39 is 0 Å².